The van der Waals surface area contributed by atoms with Crippen LogP contribution in [0.3, 0.4) is 0 Å². The van der Waals surface area contributed by atoms with Crippen LogP contribution in [0.15, 0.2) is 42.0 Å². The summed E-state index contributed by atoms with van der Waals surface area (Å²) in [5, 5.41) is 2.91. The second-order valence-electron chi connectivity index (χ2n) is 6.48. The monoisotopic (exact) mass is 417 g/mol. The van der Waals surface area contributed by atoms with Gasteiger partial charge >= 0.3 is 0 Å². The smallest absolute Gasteiger partial charge is 0.266 e. The molecule has 1 N–H and O–H groups in total. The van der Waals surface area contributed by atoms with E-state index in [2.05, 4.69) is 10.3 Å². The molecule has 0 bridgehead atoms. The lowest BCUT2D eigenvalue weighted by atomic mass is 10.2. The van der Waals surface area contributed by atoms with Crippen molar-refractivity contribution in [1.29, 1.82) is 0 Å². The highest BCUT2D eigenvalue weighted by Crippen LogP contribution is 2.32. The van der Waals surface area contributed by atoms with Gasteiger partial charge in [0.2, 0.25) is 5.91 Å². The van der Waals surface area contributed by atoms with Crippen molar-refractivity contribution >= 4 is 46.2 Å². The van der Waals surface area contributed by atoms with Crippen LogP contribution < -0.4 is 5.32 Å². The lowest BCUT2D eigenvalue weighted by Crippen LogP contribution is -2.31. The summed E-state index contributed by atoms with van der Waals surface area (Å²) in [6.45, 7) is 1.90. The molecule has 1 saturated heterocycles. The van der Waals surface area contributed by atoms with Crippen molar-refractivity contribution in [2.75, 3.05) is 13.1 Å². The summed E-state index contributed by atoms with van der Waals surface area (Å²) in [5.74, 6) is -0.0904. The topological polar surface area (TPSA) is 72.2 Å². The zero-order chi connectivity index (χ0) is 19.9. The van der Waals surface area contributed by atoms with E-state index in [1.54, 1.807) is 17.4 Å². The number of thiocarbonyl (C=S) groups is 1. The van der Waals surface area contributed by atoms with E-state index in [1.807, 2.05) is 46.8 Å². The third-order valence-electron chi connectivity index (χ3n) is 4.40. The number of amides is 2. The Labute approximate surface area is 173 Å². The highest BCUT2D eigenvalue weighted by atomic mass is 32.2. The number of nitrogens with zero attached hydrogens (tertiary/aromatic N) is 4. The Morgan fingerprint density at radius 3 is 2.89 bits per heavy atom. The maximum Gasteiger partial charge on any atom is 0.266 e. The lowest BCUT2D eigenvalue weighted by Gasteiger charge is -2.14. The summed E-state index contributed by atoms with van der Waals surface area (Å²) in [5.41, 5.74) is 0.954. The van der Waals surface area contributed by atoms with E-state index in [0.717, 1.165) is 18.7 Å². The predicted molar refractivity (Wildman–Crippen MR) is 114 cm³/mol. The molecule has 1 aliphatic rings. The number of rotatable bonds is 9. The number of imidazole rings is 1. The van der Waals surface area contributed by atoms with E-state index >= 15 is 0 Å². The Morgan fingerprint density at radius 2 is 2.18 bits per heavy atom. The molecule has 0 aliphatic carbocycles. The number of thioether (sulfide) groups is 1. The third kappa shape index (κ3) is 5.32. The number of hydrogen-bond acceptors (Lipinski definition) is 5. The Kier molecular flexibility index (Phi) is 7.05. The van der Waals surface area contributed by atoms with Crippen LogP contribution in [-0.4, -0.2) is 48.2 Å². The number of carbonyl (C=O) groups excluding carboxylic acids is 2. The second-order valence-corrected chi connectivity index (χ2v) is 8.16. The number of aryl methyl sites for hydroxylation is 2. The molecule has 0 spiro atoms. The molecule has 0 saturated carbocycles. The van der Waals surface area contributed by atoms with Crippen molar-refractivity contribution in [3.63, 3.8) is 0 Å². The maximum atomic E-state index is 12.6. The summed E-state index contributed by atoms with van der Waals surface area (Å²) in [7, 11) is 1.93. The highest BCUT2D eigenvalue weighted by Gasteiger charge is 2.31. The van der Waals surface area contributed by atoms with Crippen LogP contribution in [0, 0.1) is 0 Å². The number of carbonyl (C=O) groups is 2. The van der Waals surface area contributed by atoms with Gasteiger partial charge in [-0.15, -0.1) is 0 Å². The first-order chi connectivity index (χ1) is 13.5. The summed E-state index contributed by atoms with van der Waals surface area (Å²) >= 11 is 6.65. The largest absolute Gasteiger partial charge is 0.356 e. The molecule has 148 valence electrons. The van der Waals surface area contributed by atoms with E-state index in [-0.39, 0.29) is 11.8 Å². The minimum absolute atomic E-state index is 0.00424. The van der Waals surface area contributed by atoms with Crippen LogP contribution in [0.5, 0.6) is 0 Å². The van der Waals surface area contributed by atoms with Crippen LogP contribution in [0.2, 0.25) is 0 Å². The minimum atomic E-state index is -0.0862. The van der Waals surface area contributed by atoms with E-state index in [1.165, 1.54) is 11.8 Å². The Morgan fingerprint density at radius 1 is 1.32 bits per heavy atom. The zero-order valence-corrected chi connectivity index (χ0v) is 17.3. The van der Waals surface area contributed by atoms with Crippen LogP contribution in [0.25, 0.3) is 6.08 Å². The van der Waals surface area contributed by atoms with Crippen LogP contribution in [0.1, 0.15) is 25.0 Å². The van der Waals surface area contributed by atoms with Crippen molar-refractivity contribution in [3.8, 4) is 0 Å². The first-order valence-corrected chi connectivity index (χ1v) is 10.4. The third-order valence-corrected chi connectivity index (χ3v) is 5.77. The van der Waals surface area contributed by atoms with Gasteiger partial charge in [-0.2, -0.15) is 0 Å². The van der Waals surface area contributed by atoms with Gasteiger partial charge in [-0.25, -0.2) is 4.98 Å². The van der Waals surface area contributed by atoms with E-state index in [0.29, 0.717) is 35.2 Å². The molecule has 1 fully saturated rings. The molecule has 1 aliphatic heterocycles. The Balaban J connectivity index is 1.38. The molecule has 0 unspecified atom stereocenters. The van der Waals surface area contributed by atoms with Crippen molar-refractivity contribution in [2.24, 2.45) is 7.05 Å². The van der Waals surface area contributed by atoms with Crippen LogP contribution in [0.4, 0.5) is 0 Å². The van der Waals surface area contributed by atoms with Gasteiger partial charge in [-0.05, 0) is 31.1 Å². The zero-order valence-electron chi connectivity index (χ0n) is 15.7. The first-order valence-electron chi connectivity index (χ1n) is 9.14. The summed E-state index contributed by atoms with van der Waals surface area (Å²) in [6, 6.07) is 3.88. The fraction of sp³-hybridized carbons (Fsp3) is 0.368. The lowest BCUT2D eigenvalue weighted by molar-refractivity contribution is -0.124. The molecule has 0 atom stereocenters. The van der Waals surface area contributed by atoms with Gasteiger partial charge in [0.05, 0.1) is 11.2 Å². The molecule has 7 nitrogen and oxygen atoms in total. The molecule has 2 aromatic heterocycles. The quantitative estimate of drug-likeness (QED) is 0.385. The molecule has 2 amide bonds. The minimum Gasteiger partial charge on any atom is -0.356 e. The van der Waals surface area contributed by atoms with Crippen molar-refractivity contribution in [2.45, 2.75) is 25.8 Å². The van der Waals surface area contributed by atoms with Gasteiger partial charge < -0.3 is 14.5 Å². The molecule has 3 rings (SSSR count). The molecular formula is C19H23N5O2S2. The Hall–Kier alpha value is -2.39. The van der Waals surface area contributed by atoms with Gasteiger partial charge in [-0.3, -0.25) is 14.5 Å². The van der Waals surface area contributed by atoms with Gasteiger partial charge in [0, 0.05) is 57.4 Å². The van der Waals surface area contributed by atoms with E-state index in [4.69, 9.17) is 12.2 Å². The summed E-state index contributed by atoms with van der Waals surface area (Å²) in [4.78, 5) is 30.7. The van der Waals surface area contributed by atoms with Gasteiger partial charge in [0.1, 0.15) is 4.32 Å². The molecule has 3 heterocycles. The summed E-state index contributed by atoms with van der Waals surface area (Å²) in [6.07, 6.45) is 11.0. The number of nitrogens with one attached hydrogen (secondary N) is 1. The van der Waals surface area contributed by atoms with E-state index in [9.17, 15) is 9.59 Å². The fourth-order valence-electron chi connectivity index (χ4n) is 2.85. The van der Waals surface area contributed by atoms with Crippen LogP contribution >= 0.6 is 24.0 Å². The maximum absolute atomic E-state index is 12.6. The molecule has 28 heavy (non-hydrogen) atoms. The van der Waals surface area contributed by atoms with Gasteiger partial charge in [-0.1, -0.05) is 24.0 Å². The summed E-state index contributed by atoms with van der Waals surface area (Å²) < 4.78 is 4.47. The number of hydrogen-bond donors (Lipinski definition) is 1. The number of aromatic nitrogens is 3. The average molecular weight is 418 g/mol. The highest BCUT2D eigenvalue weighted by molar-refractivity contribution is 8.26. The SMILES string of the molecule is Cn1cccc1C=C1SC(=S)N(CCCC(=O)NCCCn2ccnc2)C1=O. The molecule has 0 radical (unpaired) electrons. The standard InChI is InChI=1S/C19H23N5O2S2/c1-22-9-2-5-15(22)13-16-18(26)24(19(27)28-16)11-3-6-17(25)21-7-4-10-23-12-8-20-14-23/h2,5,8-9,12-14H,3-4,6-7,10-11H2,1H3,(H,21,25). The first kappa shape index (κ1) is 20.3. The molecule has 0 aromatic carbocycles. The Bertz CT molecular complexity index is 873. The molecule has 9 heteroatoms. The fourth-order valence-corrected chi connectivity index (χ4v) is 4.14. The van der Waals surface area contributed by atoms with Crippen molar-refractivity contribution < 1.29 is 9.59 Å². The van der Waals surface area contributed by atoms with Crippen molar-refractivity contribution in [1.82, 2.24) is 24.3 Å². The molecule has 2 aromatic rings. The van der Waals surface area contributed by atoms with Crippen LogP contribution in [-0.2, 0) is 23.2 Å². The molecular weight excluding hydrogens is 394 g/mol. The predicted octanol–water partition coefficient (Wildman–Crippen LogP) is 2.41. The van der Waals surface area contributed by atoms with Gasteiger partial charge in [0.25, 0.3) is 5.91 Å². The van der Waals surface area contributed by atoms with Gasteiger partial charge in [0.15, 0.2) is 0 Å². The normalized spacial score (nSPS) is 15.6. The second kappa shape index (κ2) is 9.70. The van der Waals surface area contributed by atoms with Crippen molar-refractivity contribution in [3.05, 3.63) is 47.6 Å². The average Bonchev–Trinajstić information content (AvgIpc) is 3.38. The van der Waals surface area contributed by atoms with E-state index < -0.39 is 0 Å².